The molecule has 0 spiro atoms. The first-order chi connectivity index (χ1) is 23.3. The van der Waals surface area contributed by atoms with Gasteiger partial charge in [0.05, 0.1) is 27.8 Å². The van der Waals surface area contributed by atoms with E-state index >= 15 is 0 Å². The molecule has 0 aliphatic carbocycles. The number of benzene rings is 6. The third-order valence-corrected chi connectivity index (χ3v) is 10.5. The second-order valence-corrected chi connectivity index (χ2v) is 13.8. The number of nitrogens with zero attached hydrogens (tertiary/aromatic N) is 2. The Balaban J connectivity index is 1.24. The minimum atomic E-state index is -0.498. The molecule has 0 atom stereocenters. The van der Waals surface area contributed by atoms with Crippen molar-refractivity contribution in [2.75, 3.05) is 0 Å². The Labute approximate surface area is 280 Å². The van der Waals surface area contributed by atoms with Gasteiger partial charge in [-0.15, -0.1) is 0 Å². The van der Waals surface area contributed by atoms with Crippen LogP contribution in [-0.4, -0.2) is 27.9 Å². The second-order valence-electron chi connectivity index (χ2n) is 13.8. The van der Waals surface area contributed by atoms with Gasteiger partial charge in [0.25, 0.3) is 0 Å². The van der Waals surface area contributed by atoms with Crippen LogP contribution in [0.3, 0.4) is 0 Å². The summed E-state index contributed by atoms with van der Waals surface area (Å²) in [6.07, 6.45) is 1.97. The highest BCUT2D eigenvalue weighted by Crippen LogP contribution is 2.45. The van der Waals surface area contributed by atoms with E-state index < -0.39 is 18.3 Å². The Bertz CT molecular complexity index is 2440. The van der Waals surface area contributed by atoms with Crippen molar-refractivity contribution >= 4 is 56.1 Å². The van der Waals surface area contributed by atoms with Gasteiger partial charge in [-0.2, -0.15) is 0 Å². The molecule has 6 aromatic carbocycles. The van der Waals surface area contributed by atoms with Crippen LogP contribution in [0.25, 0.3) is 71.3 Å². The summed E-state index contributed by atoms with van der Waals surface area (Å²) in [6, 6.07) is 48.0. The van der Waals surface area contributed by atoms with Crippen molar-refractivity contribution in [3.8, 4) is 27.9 Å². The van der Waals surface area contributed by atoms with Gasteiger partial charge < -0.3 is 13.9 Å². The van der Waals surface area contributed by atoms with Gasteiger partial charge in [0, 0.05) is 28.2 Å². The average molecular weight is 623 g/mol. The van der Waals surface area contributed by atoms with Gasteiger partial charge in [0.2, 0.25) is 0 Å². The Morgan fingerprint density at radius 1 is 0.500 bits per heavy atom. The molecule has 232 valence electrons. The lowest BCUT2D eigenvalue weighted by Crippen LogP contribution is -2.41. The molecule has 48 heavy (non-hydrogen) atoms. The summed E-state index contributed by atoms with van der Waals surface area (Å²) < 4.78 is 15.0. The van der Waals surface area contributed by atoms with Crippen LogP contribution in [0, 0.1) is 0 Å². The molecule has 4 nitrogen and oxygen atoms in total. The number of aromatic nitrogens is 2. The Morgan fingerprint density at radius 3 is 1.58 bits per heavy atom. The first kappa shape index (κ1) is 29.0. The summed E-state index contributed by atoms with van der Waals surface area (Å²) in [5.74, 6) is 0. The van der Waals surface area contributed by atoms with Gasteiger partial charge in [-0.3, -0.25) is 4.98 Å². The Morgan fingerprint density at radius 2 is 1.00 bits per heavy atom. The van der Waals surface area contributed by atoms with E-state index in [9.17, 15) is 0 Å². The summed E-state index contributed by atoms with van der Waals surface area (Å²) in [7, 11) is -0.498. The molecule has 1 aliphatic heterocycles. The summed E-state index contributed by atoms with van der Waals surface area (Å²) in [5, 5.41) is 7.31. The standard InChI is InChI=1S/C43H35BN2O2/c1-42(2)43(3,4)48-44(47-42)39-25-23-29(27-45-39)41-34-19-10-8-17-32(34)40(33-18-9-11-20-35(33)41)28-22-24-38-36(26-28)31-16-12-13-21-37(31)46(38)30-14-6-5-7-15-30/h5-27H,1-4H3. The minimum Gasteiger partial charge on any atom is -0.398 e. The van der Waals surface area contributed by atoms with Gasteiger partial charge in [-0.05, 0) is 102 Å². The molecule has 3 heterocycles. The van der Waals surface area contributed by atoms with Gasteiger partial charge in [-0.25, -0.2) is 0 Å². The molecule has 0 N–H and O–H groups in total. The topological polar surface area (TPSA) is 36.3 Å². The van der Waals surface area contributed by atoms with Crippen LogP contribution in [-0.2, 0) is 9.31 Å². The molecule has 5 heteroatoms. The third-order valence-electron chi connectivity index (χ3n) is 10.5. The van der Waals surface area contributed by atoms with E-state index in [1.54, 1.807) is 0 Å². The average Bonchev–Trinajstić information content (AvgIpc) is 3.55. The quantitative estimate of drug-likeness (QED) is 0.145. The van der Waals surface area contributed by atoms with Gasteiger partial charge in [0.15, 0.2) is 0 Å². The third kappa shape index (κ3) is 4.35. The monoisotopic (exact) mass is 622 g/mol. The largest absolute Gasteiger partial charge is 0.514 e. The van der Waals surface area contributed by atoms with E-state index in [4.69, 9.17) is 14.3 Å². The molecule has 8 aromatic rings. The fraction of sp³-hybridized carbons (Fsp3) is 0.140. The first-order valence-corrected chi connectivity index (χ1v) is 16.7. The molecule has 0 amide bonds. The molecule has 0 bridgehead atoms. The van der Waals surface area contributed by atoms with Crippen LogP contribution in [0.2, 0.25) is 0 Å². The number of rotatable bonds is 4. The SMILES string of the molecule is CC1(C)OB(c2ccc(-c3c4ccccc4c(-c4ccc5c(c4)c4ccccc4n5-c4ccccc4)c4ccccc34)cn2)OC1(C)C. The van der Waals surface area contributed by atoms with Crippen LogP contribution in [0.5, 0.6) is 0 Å². The molecule has 9 rings (SSSR count). The van der Waals surface area contributed by atoms with E-state index in [0.29, 0.717) is 0 Å². The molecule has 0 unspecified atom stereocenters. The van der Waals surface area contributed by atoms with Crippen molar-refractivity contribution in [1.82, 2.24) is 9.55 Å². The molecular formula is C43H35BN2O2. The molecule has 0 saturated carbocycles. The van der Waals surface area contributed by atoms with E-state index in [-0.39, 0.29) is 0 Å². The number of fused-ring (bicyclic) bond motifs is 5. The van der Waals surface area contributed by atoms with E-state index in [2.05, 4.69) is 160 Å². The molecule has 0 radical (unpaired) electrons. The summed E-state index contributed by atoms with van der Waals surface area (Å²) in [6.45, 7) is 8.28. The van der Waals surface area contributed by atoms with Crippen molar-refractivity contribution in [2.24, 2.45) is 0 Å². The number of hydrogen-bond acceptors (Lipinski definition) is 3. The summed E-state index contributed by atoms with van der Waals surface area (Å²) in [4.78, 5) is 4.90. The summed E-state index contributed by atoms with van der Waals surface area (Å²) >= 11 is 0. The molecule has 2 aromatic heterocycles. The molecule has 1 aliphatic rings. The number of pyridine rings is 1. The van der Waals surface area contributed by atoms with Crippen LogP contribution < -0.4 is 5.59 Å². The smallest absolute Gasteiger partial charge is 0.398 e. The van der Waals surface area contributed by atoms with Crippen molar-refractivity contribution in [1.29, 1.82) is 0 Å². The highest BCUT2D eigenvalue weighted by Gasteiger charge is 2.52. The Kier molecular flexibility index (Phi) is 6.42. The van der Waals surface area contributed by atoms with E-state index in [1.165, 1.54) is 60.0 Å². The fourth-order valence-corrected chi connectivity index (χ4v) is 7.39. The van der Waals surface area contributed by atoms with E-state index in [1.807, 2.05) is 12.3 Å². The molecular weight excluding hydrogens is 587 g/mol. The van der Waals surface area contributed by atoms with Crippen LogP contribution in [0.15, 0.2) is 140 Å². The number of para-hydroxylation sites is 2. The maximum Gasteiger partial charge on any atom is 0.514 e. The highest BCUT2D eigenvalue weighted by molar-refractivity contribution is 6.61. The zero-order valence-electron chi connectivity index (χ0n) is 27.6. The zero-order valence-corrected chi connectivity index (χ0v) is 27.6. The predicted molar refractivity (Wildman–Crippen MR) is 200 cm³/mol. The van der Waals surface area contributed by atoms with Crippen LogP contribution in [0.4, 0.5) is 0 Å². The maximum atomic E-state index is 6.30. The molecule has 1 saturated heterocycles. The molecule has 1 fully saturated rings. The maximum absolute atomic E-state index is 6.30. The highest BCUT2D eigenvalue weighted by atomic mass is 16.7. The summed E-state index contributed by atoms with van der Waals surface area (Å²) in [5.41, 5.74) is 8.20. The zero-order chi connectivity index (χ0) is 32.6. The van der Waals surface area contributed by atoms with E-state index in [0.717, 1.165) is 16.8 Å². The van der Waals surface area contributed by atoms with Gasteiger partial charge in [-0.1, -0.05) is 97.1 Å². The predicted octanol–water partition coefficient (Wildman–Crippen LogP) is 10.1. The van der Waals surface area contributed by atoms with Crippen LogP contribution >= 0.6 is 0 Å². The van der Waals surface area contributed by atoms with Crippen molar-refractivity contribution < 1.29 is 9.31 Å². The lowest BCUT2D eigenvalue weighted by molar-refractivity contribution is 0.00578. The fourth-order valence-electron chi connectivity index (χ4n) is 7.39. The second kappa shape index (κ2) is 10.6. The normalized spacial score (nSPS) is 15.6. The van der Waals surface area contributed by atoms with Crippen LogP contribution in [0.1, 0.15) is 27.7 Å². The lowest BCUT2D eigenvalue weighted by Gasteiger charge is -2.32. The minimum absolute atomic E-state index is 0.417. The van der Waals surface area contributed by atoms with Crippen molar-refractivity contribution in [2.45, 2.75) is 38.9 Å². The van der Waals surface area contributed by atoms with Gasteiger partial charge in [0.1, 0.15) is 0 Å². The van der Waals surface area contributed by atoms with Gasteiger partial charge >= 0.3 is 7.12 Å². The number of hydrogen-bond donors (Lipinski definition) is 0. The van der Waals surface area contributed by atoms with Crippen molar-refractivity contribution in [3.63, 3.8) is 0 Å². The lowest BCUT2D eigenvalue weighted by atomic mass is 9.83. The first-order valence-electron chi connectivity index (χ1n) is 16.7. The Hall–Kier alpha value is -5.23. The van der Waals surface area contributed by atoms with Crippen molar-refractivity contribution in [3.05, 3.63) is 140 Å².